The van der Waals surface area contributed by atoms with Crippen molar-refractivity contribution < 1.29 is 9.21 Å². The molecular weight excluding hydrogens is 328 g/mol. The first-order valence-corrected chi connectivity index (χ1v) is 8.78. The minimum absolute atomic E-state index is 0.0204. The van der Waals surface area contributed by atoms with Gasteiger partial charge in [-0.3, -0.25) is 4.79 Å². The van der Waals surface area contributed by atoms with Crippen LogP contribution in [-0.2, 0) is 0 Å². The second-order valence-corrected chi connectivity index (χ2v) is 6.71. The molecular formula is C21H20N2O3. The molecule has 3 aromatic rings. The normalized spacial score (nSPS) is 17.0. The average Bonchev–Trinajstić information content (AvgIpc) is 3.16. The van der Waals surface area contributed by atoms with E-state index in [4.69, 9.17) is 10.2 Å². The summed E-state index contributed by atoms with van der Waals surface area (Å²) in [5.74, 6) is 0.350. The Kier molecular flexibility index (Phi) is 4.31. The quantitative estimate of drug-likeness (QED) is 0.739. The molecule has 0 saturated carbocycles. The van der Waals surface area contributed by atoms with E-state index in [2.05, 4.69) is 0 Å². The van der Waals surface area contributed by atoms with Gasteiger partial charge in [0.05, 0.1) is 5.56 Å². The lowest BCUT2D eigenvalue weighted by Gasteiger charge is -2.16. The van der Waals surface area contributed by atoms with Gasteiger partial charge in [0.15, 0.2) is 0 Å². The van der Waals surface area contributed by atoms with Crippen molar-refractivity contribution in [2.45, 2.75) is 6.42 Å². The maximum absolute atomic E-state index is 12.8. The molecule has 4 rings (SSSR count). The van der Waals surface area contributed by atoms with Crippen LogP contribution >= 0.6 is 0 Å². The highest BCUT2D eigenvalue weighted by Crippen LogP contribution is 2.24. The van der Waals surface area contributed by atoms with Crippen LogP contribution in [0, 0.1) is 5.92 Å². The van der Waals surface area contributed by atoms with Crippen LogP contribution in [0.3, 0.4) is 0 Å². The standard InChI is InChI=1S/C21H20N2O3/c22-12-14-8-9-23(13-14)20(24)17-6-3-5-15(10-17)18-11-16-4-1-2-7-19(16)26-21(18)25/h1-7,10-11,14H,8-9,12-13,22H2/t14-/m0/s1. The highest BCUT2D eigenvalue weighted by molar-refractivity contribution is 5.96. The van der Waals surface area contributed by atoms with Crippen LogP contribution in [0.5, 0.6) is 0 Å². The van der Waals surface area contributed by atoms with E-state index in [9.17, 15) is 9.59 Å². The second kappa shape index (κ2) is 6.77. The third-order valence-corrected chi connectivity index (χ3v) is 4.97. The van der Waals surface area contributed by atoms with Gasteiger partial charge in [-0.05, 0) is 48.7 Å². The van der Waals surface area contributed by atoms with Crippen molar-refractivity contribution in [1.82, 2.24) is 4.90 Å². The van der Waals surface area contributed by atoms with Crippen molar-refractivity contribution in [2.24, 2.45) is 11.7 Å². The van der Waals surface area contributed by atoms with Crippen molar-refractivity contribution >= 4 is 16.9 Å². The molecule has 2 heterocycles. The molecule has 132 valence electrons. The van der Waals surface area contributed by atoms with E-state index in [-0.39, 0.29) is 5.91 Å². The Balaban J connectivity index is 1.69. The van der Waals surface area contributed by atoms with Gasteiger partial charge in [0.25, 0.3) is 5.91 Å². The summed E-state index contributed by atoms with van der Waals surface area (Å²) in [6.07, 6.45) is 0.941. The number of rotatable bonds is 3. The summed E-state index contributed by atoms with van der Waals surface area (Å²) in [4.78, 5) is 27.0. The number of para-hydroxylation sites is 1. The van der Waals surface area contributed by atoms with Crippen LogP contribution < -0.4 is 11.4 Å². The molecule has 0 bridgehead atoms. The van der Waals surface area contributed by atoms with E-state index in [1.54, 1.807) is 24.3 Å². The van der Waals surface area contributed by atoms with Gasteiger partial charge in [-0.15, -0.1) is 0 Å². The topological polar surface area (TPSA) is 76.5 Å². The van der Waals surface area contributed by atoms with Gasteiger partial charge in [0.1, 0.15) is 5.58 Å². The number of benzene rings is 2. The fourth-order valence-electron chi connectivity index (χ4n) is 3.48. The molecule has 2 N–H and O–H groups in total. The summed E-state index contributed by atoms with van der Waals surface area (Å²) < 4.78 is 5.41. The monoisotopic (exact) mass is 348 g/mol. The number of carbonyl (C=O) groups excluding carboxylic acids is 1. The molecule has 0 unspecified atom stereocenters. The molecule has 1 atom stereocenters. The van der Waals surface area contributed by atoms with Gasteiger partial charge < -0.3 is 15.1 Å². The van der Waals surface area contributed by atoms with Gasteiger partial charge in [0.2, 0.25) is 0 Å². The maximum Gasteiger partial charge on any atom is 0.344 e. The zero-order valence-corrected chi connectivity index (χ0v) is 14.4. The zero-order valence-electron chi connectivity index (χ0n) is 14.4. The smallest absolute Gasteiger partial charge is 0.344 e. The minimum Gasteiger partial charge on any atom is -0.422 e. The number of nitrogens with two attached hydrogens (primary N) is 1. The summed E-state index contributed by atoms with van der Waals surface area (Å²) in [5, 5.41) is 0.851. The number of likely N-dealkylation sites (tertiary alicyclic amines) is 1. The summed E-state index contributed by atoms with van der Waals surface area (Å²) in [7, 11) is 0. The third-order valence-electron chi connectivity index (χ3n) is 4.97. The van der Waals surface area contributed by atoms with E-state index < -0.39 is 5.63 Å². The van der Waals surface area contributed by atoms with Crippen molar-refractivity contribution in [3.05, 3.63) is 70.6 Å². The van der Waals surface area contributed by atoms with Crippen LogP contribution in [0.15, 0.2) is 63.8 Å². The summed E-state index contributed by atoms with van der Waals surface area (Å²) in [6, 6.07) is 16.4. The first-order valence-electron chi connectivity index (χ1n) is 8.78. The Morgan fingerprint density at radius 2 is 2.00 bits per heavy atom. The largest absolute Gasteiger partial charge is 0.422 e. The fourth-order valence-corrected chi connectivity index (χ4v) is 3.48. The Labute approximate surface area is 151 Å². The van der Waals surface area contributed by atoms with Gasteiger partial charge >= 0.3 is 5.63 Å². The molecule has 5 heteroatoms. The average molecular weight is 348 g/mol. The summed E-state index contributed by atoms with van der Waals surface area (Å²) in [5.41, 5.74) is 7.58. The Morgan fingerprint density at radius 3 is 2.81 bits per heavy atom. The number of carbonyl (C=O) groups is 1. The van der Waals surface area contributed by atoms with Crippen LogP contribution in [-0.4, -0.2) is 30.4 Å². The second-order valence-electron chi connectivity index (χ2n) is 6.71. The van der Waals surface area contributed by atoms with Crippen molar-refractivity contribution in [3.63, 3.8) is 0 Å². The number of hydrogen-bond acceptors (Lipinski definition) is 4. The van der Waals surface area contributed by atoms with E-state index in [1.165, 1.54) is 0 Å². The number of hydrogen-bond donors (Lipinski definition) is 1. The lowest BCUT2D eigenvalue weighted by molar-refractivity contribution is 0.0787. The molecule has 1 aliphatic heterocycles. The highest BCUT2D eigenvalue weighted by atomic mass is 16.4. The predicted octanol–water partition coefficient (Wildman–Crippen LogP) is 2.88. The van der Waals surface area contributed by atoms with E-state index in [0.717, 1.165) is 18.4 Å². The fraction of sp³-hybridized carbons (Fsp3) is 0.238. The first-order chi connectivity index (χ1) is 12.7. The van der Waals surface area contributed by atoms with Crippen LogP contribution in [0.4, 0.5) is 0 Å². The molecule has 5 nitrogen and oxygen atoms in total. The Hall–Kier alpha value is -2.92. The molecule has 0 spiro atoms. The highest BCUT2D eigenvalue weighted by Gasteiger charge is 2.26. The molecule has 1 amide bonds. The third kappa shape index (κ3) is 3.02. The van der Waals surface area contributed by atoms with Gasteiger partial charge in [-0.1, -0.05) is 30.3 Å². The maximum atomic E-state index is 12.8. The van der Waals surface area contributed by atoms with Gasteiger partial charge in [0, 0.05) is 24.0 Å². The number of amides is 1. The van der Waals surface area contributed by atoms with Crippen LogP contribution in [0.25, 0.3) is 22.1 Å². The number of fused-ring (bicyclic) bond motifs is 1. The van der Waals surface area contributed by atoms with Crippen molar-refractivity contribution in [2.75, 3.05) is 19.6 Å². The molecule has 26 heavy (non-hydrogen) atoms. The lowest BCUT2D eigenvalue weighted by Crippen LogP contribution is -2.29. The SMILES string of the molecule is NC[C@@H]1CCN(C(=O)c2cccc(-c3cc4ccccc4oc3=O)c2)C1. The molecule has 1 fully saturated rings. The molecule has 1 aromatic heterocycles. The van der Waals surface area contributed by atoms with E-state index in [1.807, 2.05) is 35.2 Å². The van der Waals surface area contributed by atoms with Crippen molar-refractivity contribution in [3.8, 4) is 11.1 Å². The van der Waals surface area contributed by atoms with Crippen molar-refractivity contribution in [1.29, 1.82) is 0 Å². The summed E-state index contributed by atoms with van der Waals surface area (Å²) >= 11 is 0. The molecule has 1 aliphatic rings. The van der Waals surface area contributed by atoms with Crippen LogP contribution in [0.1, 0.15) is 16.8 Å². The molecule has 2 aromatic carbocycles. The zero-order chi connectivity index (χ0) is 18.1. The molecule has 0 aliphatic carbocycles. The molecule has 1 saturated heterocycles. The number of nitrogens with zero attached hydrogens (tertiary/aromatic N) is 1. The van der Waals surface area contributed by atoms with Gasteiger partial charge in [-0.2, -0.15) is 0 Å². The molecule has 0 radical (unpaired) electrons. The Bertz CT molecular complexity index is 1020. The lowest BCUT2D eigenvalue weighted by atomic mass is 10.0. The Morgan fingerprint density at radius 1 is 1.15 bits per heavy atom. The minimum atomic E-state index is -0.405. The van der Waals surface area contributed by atoms with E-state index >= 15 is 0 Å². The first kappa shape index (κ1) is 16.5. The van der Waals surface area contributed by atoms with Crippen LogP contribution in [0.2, 0.25) is 0 Å². The summed E-state index contributed by atoms with van der Waals surface area (Å²) in [6.45, 7) is 2.02. The van der Waals surface area contributed by atoms with E-state index in [0.29, 0.717) is 41.3 Å². The predicted molar refractivity (Wildman–Crippen MR) is 101 cm³/mol. The van der Waals surface area contributed by atoms with Gasteiger partial charge in [-0.25, -0.2) is 4.79 Å².